The van der Waals surface area contributed by atoms with Gasteiger partial charge in [0.25, 0.3) is 5.91 Å². The number of nitrogens with two attached hydrogens (primary N) is 1. The molecular weight excluding hydrogens is 286 g/mol. The summed E-state index contributed by atoms with van der Waals surface area (Å²) in [5.41, 5.74) is 6.71. The van der Waals surface area contributed by atoms with Gasteiger partial charge in [-0.1, -0.05) is 27.7 Å². The third-order valence-corrected chi connectivity index (χ3v) is 4.33. The fourth-order valence-corrected chi connectivity index (χ4v) is 3.07. The van der Waals surface area contributed by atoms with Gasteiger partial charge < -0.3 is 16.4 Å². The highest BCUT2D eigenvalue weighted by Gasteiger charge is 2.26. The van der Waals surface area contributed by atoms with Gasteiger partial charge in [-0.2, -0.15) is 0 Å². The Morgan fingerprint density at radius 3 is 2.33 bits per heavy atom. The van der Waals surface area contributed by atoms with E-state index in [2.05, 4.69) is 24.5 Å². The molecule has 0 fully saturated rings. The van der Waals surface area contributed by atoms with Crippen LogP contribution in [0, 0.1) is 11.8 Å². The largest absolute Gasteiger partial charge is 0.397 e. The second-order valence-electron chi connectivity index (χ2n) is 5.76. The molecule has 0 spiro atoms. The van der Waals surface area contributed by atoms with Crippen LogP contribution in [0.2, 0.25) is 0 Å². The molecule has 0 saturated carbocycles. The number of hydrogen-bond acceptors (Lipinski definition) is 5. The van der Waals surface area contributed by atoms with E-state index in [4.69, 9.17) is 5.73 Å². The summed E-state index contributed by atoms with van der Waals surface area (Å²) in [6.07, 6.45) is 0.985. The van der Waals surface area contributed by atoms with Crippen LogP contribution in [0.1, 0.15) is 54.1 Å². The van der Waals surface area contributed by atoms with E-state index in [1.165, 1.54) is 11.3 Å². The number of rotatable bonds is 7. The molecule has 21 heavy (non-hydrogen) atoms. The van der Waals surface area contributed by atoms with Gasteiger partial charge in [0.2, 0.25) is 0 Å². The molecule has 0 aliphatic heterocycles. The number of anilines is 2. The van der Waals surface area contributed by atoms with Gasteiger partial charge in [0.05, 0.1) is 16.1 Å². The van der Waals surface area contributed by atoms with Crippen LogP contribution >= 0.6 is 11.3 Å². The summed E-state index contributed by atoms with van der Waals surface area (Å²) in [7, 11) is 1.56. The van der Waals surface area contributed by atoms with Crippen LogP contribution < -0.4 is 16.4 Å². The van der Waals surface area contributed by atoms with Gasteiger partial charge in [0.1, 0.15) is 5.00 Å². The Labute approximate surface area is 130 Å². The molecule has 6 heteroatoms. The van der Waals surface area contributed by atoms with Crippen molar-refractivity contribution in [1.29, 1.82) is 0 Å². The molecule has 4 N–H and O–H groups in total. The van der Waals surface area contributed by atoms with Crippen LogP contribution in [-0.2, 0) is 0 Å². The third kappa shape index (κ3) is 4.20. The Morgan fingerprint density at radius 1 is 1.24 bits per heavy atom. The molecule has 0 aromatic carbocycles. The van der Waals surface area contributed by atoms with E-state index in [1.807, 2.05) is 13.8 Å². The van der Waals surface area contributed by atoms with E-state index >= 15 is 0 Å². The molecule has 0 unspecified atom stereocenters. The predicted octanol–water partition coefficient (Wildman–Crippen LogP) is 2.99. The predicted molar refractivity (Wildman–Crippen MR) is 89.2 cm³/mol. The number of nitrogen functional groups attached to an aromatic ring is 1. The normalized spacial score (nSPS) is 11.0. The molecule has 118 valence electrons. The molecule has 1 aromatic rings. The number of ketones is 1. The van der Waals surface area contributed by atoms with Crippen LogP contribution in [0.5, 0.6) is 0 Å². The number of nitrogens with one attached hydrogen (secondary N) is 2. The summed E-state index contributed by atoms with van der Waals surface area (Å²) in [5.74, 6) is 0.125. The smallest absolute Gasteiger partial charge is 0.256 e. The first-order chi connectivity index (χ1) is 9.79. The summed E-state index contributed by atoms with van der Waals surface area (Å²) in [6.45, 7) is 8.67. The standard InChI is InChI=1S/C15H25N3O2S/c1-8(2)6-7-18-15-10(14(20)17-5)11(16)13(21-15)12(19)9(3)4/h8-9,18H,6-7,16H2,1-5H3,(H,17,20). The van der Waals surface area contributed by atoms with Gasteiger partial charge in [-0.05, 0) is 12.3 Å². The van der Waals surface area contributed by atoms with Gasteiger partial charge in [-0.3, -0.25) is 9.59 Å². The van der Waals surface area contributed by atoms with Gasteiger partial charge in [-0.25, -0.2) is 0 Å². The molecular formula is C15H25N3O2S. The van der Waals surface area contributed by atoms with Crippen molar-refractivity contribution in [3.8, 4) is 0 Å². The number of thiophene rings is 1. The molecule has 0 radical (unpaired) electrons. The van der Waals surface area contributed by atoms with E-state index < -0.39 is 0 Å². The van der Waals surface area contributed by atoms with E-state index in [0.29, 0.717) is 21.4 Å². The quantitative estimate of drug-likeness (QED) is 0.676. The minimum Gasteiger partial charge on any atom is -0.397 e. The van der Waals surface area contributed by atoms with Gasteiger partial charge >= 0.3 is 0 Å². The topological polar surface area (TPSA) is 84.2 Å². The lowest BCUT2D eigenvalue weighted by atomic mass is 10.1. The third-order valence-electron chi connectivity index (χ3n) is 3.15. The monoisotopic (exact) mass is 311 g/mol. The zero-order chi connectivity index (χ0) is 16.2. The van der Waals surface area contributed by atoms with Gasteiger partial charge in [0.15, 0.2) is 5.78 Å². The molecule has 0 saturated heterocycles. The first-order valence-electron chi connectivity index (χ1n) is 7.22. The van der Waals surface area contributed by atoms with Gasteiger partial charge in [0, 0.05) is 19.5 Å². The molecule has 5 nitrogen and oxygen atoms in total. The average Bonchev–Trinajstić information content (AvgIpc) is 2.73. The van der Waals surface area contributed by atoms with Crippen molar-refractivity contribution >= 4 is 33.7 Å². The molecule has 0 aliphatic rings. The second kappa shape index (κ2) is 7.45. The highest BCUT2D eigenvalue weighted by Crippen LogP contribution is 2.37. The first-order valence-corrected chi connectivity index (χ1v) is 8.03. The summed E-state index contributed by atoms with van der Waals surface area (Å²) in [6, 6.07) is 0. The number of carbonyl (C=O) groups excluding carboxylic acids is 2. The first kappa shape index (κ1) is 17.5. The summed E-state index contributed by atoms with van der Waals surface area (Å²) >= 11 is 1.27. The van der Waals surface area contributed by atoms with Crippen molar-refractivity contribution in [3.63, 3.8) is 0 Å². The Morgan fingerprint density at radius 2 is 1.86 bits per heavy atom. The van der Waals surface area contributed by atoms with Crippen LogP contribution in [-0.4, -0.2) is 25.3 Å². The molecule has 1 heterocycles. The molecule has 1 aromatic heterocycles. The van der Waals surface area contributed by atoms with E-state index in [1.54, 1.807) is 7.05 Å². The Kier molecular flexibility index (Phi) is 6.20. The number of hydrogen-bond donors (Lipinski definition) is 3. The summed E-state index contributed by atoms with van der Waals surface area (Å²) in [5, 5.41) is 6.50. The number of amides is 1. The zero-order valence-electron chi connectivity index (χ0n) is 13.4. The molecule has 0 bridgehead atoms. The van der Waals surface area contributed by atoms with Crippen molar-refractivity contribution in [2.24, 2.45) is 11.8 Å². The van der Waals surface area contributed by atoms with Crippen LogP contribution in [0.3, 0.4) is 0 Å². The minimum absolute atomic E-state index is 0.0282. The highest BCUT2D eigenvalue weighted by atomic mass is 32.1. The Hall–Kier alpha value is -1.56. The van der Waals surface area contributed by atoms with Crippen molar-refractivity contribution in [2.45, 2.75) is 34.1 Å². The zero-order valence-corrected chi connectivity index (χ0v) is 14.2. The Bertz CT molecular complexity index is 521. The fourth-order valence-electron chi connectivity index (χ4n) is 1.84. The van der Waals surface area contributed by atoms with Crippen molar-refractivity contribution in [1.82, 2.24) is 5.32 Å². The maximum absolute atomic E-state index is 12.2. The average molecular weight is 311 g/mol. The number of Topliss-reactive ketones (excluding diaryl/α,β-unsaturated/α-hetero) is 1. The minimum atomic E-state index is -0.265. The fraction of sp³-hybridized carbons (Fsp3) is 0.600. The molecule has 0 atom stereocenters. The highest BCUT2D eigenvalue weighted by molar-refractivity contribution is 7.19. The lowest BCUT2D eigenvalue weighted by molar-refractivity contribution is 0.0944. The maximum Gasteiger partial charge on any atom is 0.256 e. The van der Waals surface area contributed by atoms with E-state index in [-0.39, 0.29) is 23.3 Å². The molecule has 1 amide bonds. The summed E-state index contributed by atoms with van der Waals surface area (Å²) in [4.78, 5) is 24.7. The lowest BCUT2D eigenvalue weighted by Gasteiger charge is -2.08. The second-order valence-corrected chi connectivity index (χ2v) is 6.78. The SMILES string of the molecule is CNC(=O)c1c(NCCC(C)C)sc(C(=O)C(C)C)c1N. The van der Waals surface area contributed by atoms with E-state index in [0.717, 1.165) is 13.0 Å². The Balaban J connectivity index is 3.12. The van der Waals surface area contributed by atoms with Crippen molar-refractivity contribution < 1.29 is 9.59 Å². The van der Waals surface area contributed by atoms with E-state index in [9.17, 15) is 9.59 Å². The van der Waals surface area contributed by atoms with Crippen LogP contribution in [0.15, 0.2) is 0 Å². The van der Waals surface area contributed by atoms with Crippen LogP contribution in [0.4, 0.5) is 10.7 Å². The van der Waals surface area contributed by atoms with Crippen molar-refractivity contribution in [2.75, 3.05) is 24.6 Å². The van der Waals surface area contributed by atoms with Crippen LogP contribution in [0.25, 0.3) is 0 Å². The summed E-state index contributed by atoms with van der Waals surface area (Å²) < 4.78 is 0. The molecule has 1 rings (SSSR count). The van der Waals surface area contributed by atoms with Crippen molar-refractivity contribution in [3.05, 3.63) is 10.4 Å². The van der Waals surface area contributed by atoms with Gasteiger partial charge in [-0.15, -0.1) is 11.3 Å². The lowest BCUT2D eigenvalue weighted by Crippen LogP contribution is -2.20. The number of carbonyl (C=O) groups is 2. The molecule has 0 aliphatic carbocycles. The maximum atomic E-state index is 12.2.